The first-order chi connectivity index (χ1) is 11.7. The summed E-state index contributed by atoms with van der Waals surface area (Å²) >= 11 is 6.11. The summed E-state index contributed by atoms with van der Waals surface area (Å²) in [5.74, 6) is 1.61. The van der Waals surface area contributed by atoms with Gasteiger partial charge in [0.15, 0.2) is 0 Å². The van der Waals surface area contributed by atoms with Gasteiger partial charge in [-0.25, -0.2) is 0 Å². The van der Waals surface area contributed by atoms with Crippen molar-refractivity contribution in [1.29, 1.82) is 0 Å². The van der Waals surface area contributed by atoms with Gasteiger partial charge in [-0.15, -0.1) is 0 Å². The SMILES string of the molecule is C[C@H]1C[C@@H](c2cccnc2)N(CC2=Cc3cc(Cl)ccc3OC2)C1. The number of likely N-dealkylation sites (tertiary alicyclic amines) is 1. The first-order valence-corrected chi connectivity index (χ1v) is 8.82. The maximum absolute atomic E-state index is 6.11. The topological polar surface area (TPSA) is 25.4 Å². The molecule has 2 atom stereocenters. The third-order valence-electron chi connectivity index (χ3n) is 4.83. The lowest BCUT2D eigenvalue weighted by Gasteiger charge is -2.27. The van der Waals surface area contributed by atoms with Gasteiger partial charge >= 0.3 is 0 Å². The molecule has 0 bridgehead atoms. The molecule has 1 fully saturated rings. The van der Waals surface area contributed by atoms with Gasteiger partial charge in [0.25, 0.3) is 0 Å². The third kappa shape index (κ3) is 3.19. The Morgan fingerprint density at radius 2 is 2.25 bits per heavy atom. The zero-order valence-corrected chi connectivity index (χ0v) is 14.5. The average molecular weight is 341 g/mol. The Hall–Kier alpha value is -1.84. The highest BCUT2D eigenvalue weighted by atomic mass is 35.5. The fourth-order valence-electron chi connectivity index (χ4n) is 3.77. The zero-order valence-electron chi connectivity index (χ0n) is 13.8. The van der Waals surface area contributed by atoms with Crippen LogP contribution in [-0.4, -0.2) is 29.6 Å². The summed E-state index contributed by atoms with van der Waals surface area (Å²) in [5, 5.41) is 0.748. The number of halogens is 1. The number of fused-ring (bicyclic) bond motifs is 1. The molecule has 0 N–H and O–H groups in total. The van der Waals surface area contributed by atoms with Crippen molar-refractivity contribution in [3.05, 3.63) is 64.4 Å². The van der Waals surface area contributed by atoms with Gasteiger partial charge in [-0.1, -0.05) is 24.6 Å². The number of ether oxygens (including phenoxy) is 1. The molecule has 2 aliphatic rings. The summed E-state index contributed by atoms with van der Waals surface area (Å²) in [6.07, 6.45) is 7.25. The van der Waals surface area contributed by atoms with Gasteiger partial charge < -0.3 is 4.74 Å². The standard InChI is InChI=1S/C20H21ClN2O/c1-14-7-19(16-3-2-6-22-10-16)23(11-14)12-15-8-17-9-18(21)4-5-20(17)24-13-15/h2-6,8-10,14,19H,7,11-13H2,1H3/t14-,19-/m0/s1. The van der Waals surface area contributed by atoms with Gasteiger partial charge in [0, 0.05) is 42.1 Å². The summed E-state index contributed by atoms with van der Waals surface area (Å²) in [4.78, 5) is 6.84. The number of rotatable bonds is 3. The van der Waals surface area contributed by atoms with E-state index < -0.39 is 0 Å². The van der Waals surface area contributed by atoms with Crippen LogP contribution in [0.2, 0.25) is 5.02 Å². The van der Waals surface area contributed by atoms with E-state index in [0.717, 1.165) is 29.4 Å². The summed E-state index contributed by atoms with van der Waals surface area (Å²) in [6.45, 7) is 5.01. The second-order valence-electron chi connectivity index (χ2n) is 6.85. The van der Waals surface area contributed by atoms with Crippen molar-refractivity contribution < 1.29 is 4.74 Å². The Morgan fingerprint density at radius 1 is 1.33 bits per heavy atom. The van der Waals surface area contributed by atoms with E-state index in [1.165, 1.54) is 17.6 Å². The van der Waals surface area contributed by atoms with Crippen LogP contribution in [0.4, 0.5) is 0 Å². The average Bonchev–Trinajstić information content (AvgIpc) is 2.95. The highest BCUT2D eigenvalue weighted by Gasteiger charge is 2.31. The molecule has 4 heteroatoms. The zero-order chi connectivity index (χ0) is 16.5. The summed E-state index contributed by atoms with van der Waals surface area (Å²) in [5.41, 5.74) is 3.68. The van der Waals surface area contributed by atoms with Crippen LogP contribution in [-0.2, 0) is 0 Å². The minimum absolute atomic E-state index is 0.440. The third-order valence-corrected chi connectivity index (χ3v) is 5.07. The summed E-state index contributed by atoms with van der Waals surface area (Å²) < 4.78 is 5.90. The molecule has 3 heterocycles. The Labute approximate surface area is 147 Å². The van der Waals surface area contributed by atoms with Crippen LogP contribution in [0.15, 0.2) is 48.3 Å². The second kappa shape index (κ2) is 6.58. The van der Waals surface area contributed by atoms with Crippen LogP contribution in [0.5, 0.6) is 5.75 Å². The first-order valence-electron chi connectivity index (χ1n) is 8.45. The Bertz CT molecular complexity index is 759. The lowest BCUT2D eigenvalue weighted by molar-refractivity contribution is 0.257. The molecule has 124 valence electrons. The van der Waals surface area contributed by atoms with Crippen LogP contribution in [0.1, 0.15) is 30.5 Å². The molecule has 1 aromatic carbocycles. The van der Waals surface area contributed by atoms with Crippen LogP contribution in [0, 0.1) is 5.92 Å². The maximum Gasteiger partial charge on any atom is 0.127 e. The van der Waals surface area contributed by atoms with Crippen LogP contribution < -0.4 is 4.74 Å². The highest BCUT2D eigenvalue weighted by Crippen LogP contribution is 2.36. The monoisotopic (exact) mass is 340 g/mol. The number of pyridine rings is 1. The number of hydrogen-bond acceptors (Lipinski definition) is 3. The molecular formula is C20H21ClN2O. The summed E-state index contributed by atoms with van der Waals surface area (Å²) in [6, 6.07) is 10.4. The Morgan fingerprint density at radius 3 is 3.08 bits per heavy atom. The normalized spacial score (nSPS) is 23.5. The maximum atomic E-state index is 6.11. The van der Waals surface area contributed by atoms with E-state index in [-0.39, 0.29) is 0 Å². The molecule has 0 spiro atoms. The fraction of sp³-hybridized carbons (Fsp3) is 0.350. The van der Waals surface area contributed by atoms with Gasteiger partial charge in [-0.3, -0.25) is 9.88 Å². The van der Waals surface area contributed by atoms with E-state index in [1.54, 1.807) is 0 Å². The molecule has 0 amide bonds. The molecule has 4 rings (SSSR count). The fourth-order valence-corrected chi connectivity index (χ4v) is 3.96. The molecule has 1 saturated heterocycles. The lowest BCUT2D eigenvalue weighted by Crippen LogP contribution is -2.28. The molecule has 3 nitrogen and oxygen atoms in total. The van der Waals surface area contributed by atoms with Gasteiger partial charge in [-0.2, -0.15) is 0 Å². The molecule has 2 aromatic rings. The minimum atomic E-state index is 0.440. The van der Waals surface area contributed by atoms with Crippen LogP contribution in [0.25, 0.3) is 6.08 Å². The highest BCUT2D eigenvalue weighted by molar-refractivity contribution is 6.30. The number of benzene rings is 1. The van der Waals surface area contributed by atoms with Crippen molar-refractivity contribution >= 4 is 17.7 Å². The van der Waals surface area contributed by atoms with Crippen LogP contribution >= 0.6 is 11.6 Å². The molecule has 0 unspecified atom stereocenters. The quantitative estimate of drug-likeness (QED) is 0.816. The van der Waals surface area contributed by atoms with E-state index in [0.29, 0.717) is 18.6 Å². The van der Waals surface area contributed by atoms with Gasteiger partial charge in [0.2, 0.25) is 0 Å². The van der Waals surface area contributed by atoms with Crippen molar-refractivity contribution in [3.8, 4) is 5.75 Å². The van der Waals surface area contributed by atoms with E-state index >= 15 is 0 Å². The van der Waals surface area contributed by atoms with Crippen molar-refractivity contribution in [2.75, 3.05) is 19.7 Å². The first kappa shape index (κ1) is 15.7. The summed E-state index contributed by atoms with van der Waals surface area (Å²) in [7, 11) is 0. The molecular weight excluding hydrogens is 320 g/mol. The smallest absolute Gasteiger partial charge is 0.127 e. The predicted octanol–water partition coefficient (Wildman–Crippen LogP) is 4.59. The molecule has 24 heavy (non-hydrogen) atoms. The number of hydrogen-bond donors (Lipinski definition) is 0. The molecule has 2 aliphatic heterocycles. The van der Waals surface area contributed by atoms with E-state index in [9.17, 15) is 0 Å². The van der Waals surface area contributed by atoms with Crippen molar-refractivity contribution in [2.24, 2.45) is 5.92 Å². The number of aromatic nitrogens is 1. The van der Waals surface area contributed by atoms with E-state index in [2.05, 4.69) is 29.0 Å². The molecule has 0 radical (unpaired) electrons. The largest absolute Gasteiger partial charge is 0.489 e. The lowest BCUT2D eigenvalue weighted by atomic mass is 10.0. The Kier molecular flexibility index (Phi) is 4.30. The number of nitrogens with zero attached hydrogens (tertiary/aromatic N) is 2. The molecule has 0 saturated carbocycles. The van der Waals surface area contributed by atoms with Gasteiger partial charge in [0.1, 0.15) is 12.4 Å². The predicted molar refractivity (Wildman–Crippen MR) is 97.3 cm³/mol. The van der Waals surface area contributed by atoms with Crippen molar-refractivity contribution in [3.63, 3.8) is 0 Å². The molecule has 1 aromatic heterocycles. The van der Waals surface area contributed by atoms with Crippen molar-refractivity contribution in [2.45, 2.75) is 19.4 Å². The van der Waals surface area contributed by atoms with Gasteiger partial charge in [-0.05, 0) is 53.8 Å². The minimum Gasteiger partial charge on any atom is -0.489 e. The van der Waals surface area contributed by atoms with E-state index in [4.69, 9.17) is 16.3 Å². The second-order valence-corrected chi connectivity index (χ2v) is 7.28. The van der Waals surface area contributed by atoms with Crippen LogP contribution in [0.3, 0.4) is 0 Å². The van der Waals surface area contributed by atoms with Gasteiger partial charge in [0.05, 0.1) is 0 Å². The van der Waals surface area contributed by atoms with Crippen molar-refractivity contribution in [1.82, 2.24) is 9.88 Å². The molecule has 0 aliphatic carbocycles. The van der Waals surface area contributed by atoms with E-state index in [1.807, 2.05) is 36.7 Å². The Balaban J connectivity index is 1.56.